The zero-order chi connectivity index (χ0) is 12.1. The SMILES string of the molecule is C=CC(=O)OC.NC(=O)O.NC(=O)O. The van der Waals surface area contributed by atoms with Crippen molar-refractivity contribution < 1.29 is 29.3 Å². The summed E-state index contributed by atoms with van der Waals surface area (Å²) >= 11 is 0. The number of hydrogen-bond donors (Lipinski definition) is 4. The van der Waals surface area contributed by atoms with E-state index in [1.54, 1.807) is 0 Å². The van der Waals surface area contributed by atoms with Gasteiger partial charge >= 0.3 is 18.2 Å². The van der Waals surface area contributed by atoms with Crippen molar-refractivity contribution >= 4 is 18.2 Å². The van der Waals surface area contributed by atoms with Crippen molar-refractivity contribution in [1.29, 1.82) is 0 Å². The van der Waals surface area contributed by atoms with Crippen molar-refractivity contribution in [2.75, 3.05) is 7.11 Å². The smallest absolute Gasteiger partial charge is 0.402 e. The molecule has 8 nitrogen and oxygen atoms in total. The molecule has 0 radical (unpaired) electrons. The van der Waals surface area contributed by atoms with Gasteiger partial charge in [-0.2, -0.15) is 0 Å². The summed E-state index contributed by atoms with van der Waals surface area (Å²) in [4.78, 5) is 27.4. The highest BCUT2D eigenvalue weighted by molar-refractivity contribution is 5.80. The highest BCUT2D eigenvalue weighted by atomic mass is 16.5. The maximum Gasteiger partial charge on any atom is 0.402 e. The van der Waals surface area contributed by atoms with Crippen LogP contribution in [0.15, 0.2) is 12.7 Å². The quantitative estimate of drug-likeness (QED) is 0.339. The molecular formula is C6H12N2O6. The second-order valence-corrected chi connectivity index (χ2v) is 1.40. The lowest BCUT2D eigenvalue weighted by Gasteiger charge is -1.83. The van der Waals surface area contributed by atoms with Gasteiger partial charge in [0.25, 0.3) is 0 Å². The summed E-state index contributed by atoms with van der Waals surface area (Å²) in [7, 11) is 1.31. The molecule has 0 atom stereocenters. The minimum atomic E-state index is -1.33. The average molecular weight is 208 g/mol. The zero-order valence-corrected chi connectivity index (χ0v) is 7.47. The third-order valence-electron chi connectivity index (χ3n) is 0.368. The lowest BCUT2D eigenvalue weighted by Crippen LogP contribution is -2.03. The van der Waals surface area contributed by atoms with Crippen molar-refractivity contribution in [1.82, 2.24) is 0 Å². The molecule has 2 amide bonds. The Morgan fingerprint density at radius 2 is 1.43 bits per heavy atom. The van der Waals surface area contributed by atoms with Crippen molar-refractivity contribution in [2.24, 2.45) is 11.5 Å². The van der Waals surface area contributed by atoms with Gasteiger partial charge in [-0.3, -0.25) is 0 Å². The lowest BCUT2D eigenvalue weighted by atomic mass is 10.7. The predicted octanol–water partition coefficient (Wildman–Crippen LogP) is -0.408. The average Bonchev–Trinajstić information content (AvgIpc) is 2.01. The number of carboxylic acid groups (broad SMARTS) is 2. The summed E-state index contributed by atoms with van der Waals surface area (Å²) in [5.74, 6) is -0.394. The number of hydrogen-bond acceptors (Lipinski definition) is 4. The van der Waals surface area contributed by atoms with Gasteiger partial charge in [-0.15, -0.1) is 0 Å². The molecule has 0 aromatic carbocycles. The topological polar surface area (TPSA) is 153 Å². The summed E-state index contributed by atoms with van der Waals surface area (Å²) < 4.78 is 4.14. The van der Waals surface area contributed by atoms with Gasteiger partial charge in [-0.25, -0.2) is 14.4 Å². The number of carbonyl (C=O) groups excluding carboxylic acids is 1. The van der Waals surface area contributed by atoms with Crippen LogP contribution in [0.5, 0.6) is 0 Å². The lowest BCUT2D eigenvalue weighted by molar-refractivity contribution is -0.134. The zero-order valence-electron chi connectivity index (χ0n) is 7.47. The Balaban J connectivity index is -0.000000135. The predicted molar refractivity (Wildman–Crippen MR) is 46.6 cm³/mol. The fourth-order valence-corrected chi connectivity index (χ4v) is 0.0833. The first kappa shape index (κ1) is 17.7. The summed E-state index contributed by atoms with van der Waals surface area (Å²) in [5.41, 5.74) is 8.06. The Bertz CT molecular complexity index is 182. The fraction of sp³-hybridized carbons (Fsp3) is 0.167. The molecule has 0 aliphatic rings. The van der Waals surface area contributed by atoms with E-state index in [0.717, 1.165) is 6.08 Å². The van der Waals surface area contributed by atoms with E-state index in [1.165, 1.54) is 7.11 Å². The Morgan fingerprint density at radius 3 is 1.43 bits per heavy atom. The second-order valence-electron chi connectivity index (χ2n) is 1.40. The third kappa shape index (κ3) is 244. The van der Waals surface area contributed by atoms with Gasteiger partial charge in [0.2, 0.25) is 0 Å². The molecule has 82 valence electrons. The van der Waals surface area contributed by atoms with Crippen molar-refractivity contribution in [3.05, 3.63) is 12.7 Å². The molecule has 0 aromatic rings. The fourth-order valence-electron chi connectivity index (χ4n) is 0.0833. The van der Waals surface area contributed by atoms with Crippen LogP contribution in [0.1, 0.15) is 0 Å². The van der Waals surface area contributed by atoms with Crippen molar-refractivity contribution in [2.45, 2.75) is 0 Å². The van der Waals surface area contributed by atoms with Crippen LogP contribution >= 0.6 is 0 Å². The summed E-state index contributed by atoms with van der Waals surface area (Å²) in [5, 5.41) is 14.4. The van der Waals surface area contributed by atoms with Crippen LogP contribution in [0.2, 0.25) is 0 Å². The molecule has 0 aliphatic carbocycles. The maximum atomic E-state index is 9.84. The first-order valence-electron chi connectivity index (χ1n) is 2.95. The number of nitrogens with two attached hydrogens (primary N) is 2. The molecular weight excluding hydrogens is 196 g/mol. The number of methoxy groups -OCH3 is 1. The van der Waals surface area contributed by atoms with E-state index in [0.29, 0.717) is 0 Å². The maximum absolute atomic E-state index is 9.84. The number of rotatable bonds is 1. The van der Waals surface area contributed by atoms with Crippen LogP contribution in [0.4, 0.5) is 9.59 Å². The molecule has 0 saturated carbocycles. The van der Waals surface area contributed by atoms with Gasteiger partial charge in [-0.1, -0.05) is 6.58 Å². The molecule has 14 heavy (non-hydrogen) atoms. The highest BCUT2D eigenvalue weighted by Gasteiger charge is 1.81. The number of ether oxygens (including phenoxy) is 1. The Hall–Kier alpha value is -2.25. The summed E-state index contributed by atoms with van der Waals surface area (Å²) in [6, 6.07) is 0. The molecule has 0 heterocycles. The van der Waals surface area contributed by atoms with Crippen LogP contribution < -0.4 is 11.5 Å². The molecule has 0 unspecified atom stereocenters. The normalized spacial score (nSPS) is 6.36. The van der Waals surface area contributed by atoms with Crippen LogP contribution in [-0.4, -0.2) is 35.5 Å². The van der Waals surface area contributed by atoms with E-state index >= 15 is 0 Å². The van der Waals surface area contributed by atoms with E-state index in [2.05, 4.69) is 22.8 Å². The molecule has 0 fully saturated rings. The monoisotopic (exact) mass is 208 g/mol. The Morgan fingerprint density at radius 1 is 1.21 bits per heavy atom. The second kappa shape index (κ2) is 13.3. The minimum absolute atomic E-state index is 0.394. The largest absolute Gasteiger partial charge is 0.466 e. The number of carbonyl (C=O) groups is 3. The van der Waals surface area contributed by atoms with E-state index in [9.17, 15) is 4.79 Å². The minimum Gasteiger partial charge on any atom is -0.466 e. The van der Waals surface area contributed by atoms with Gasteiger partial charge in [0.15, 0.2) is 0 Å². The molecule has 0 saturated heterocycles. The van der Waals surface area contributed by atoms with Crippen LogP contribution in [0.3, 0.4) is 0 Å². The van der Waals surface area contributed by atoms with E-state index < -0.39 is 18.2 Å². The molecule has 0 spiro atoms. The van der Waals surface area contributed by atoms with Gasteiger partial charge in [-0.05, 0) is 0 Å². The Labute approximate surface area is 79.8 Å². The molecule has 0 rings (SSSR count). The number of amides is 2. The number of esters is 1. The summed E-state index contributed by atoms with van der Waals surface area (Å²) in [6.45, 7) is 3.16. The molecule has 0 aliphatic heterocycles. The number of primary amides is 2. The highest BCUT2D eigenvalue weighted by Crippen LogP contribution is 1.67. The standard InChI is InChI=1S/C4H6O2.2CH3NO2/c1-3-4(5)6-2;2*2-1(3)4/h3H,1H2,2H3;2*2H2,(H,3,4). The van der Waals surface area contributed by atoms with Gasteiger partial charge in [0.05, 0.1) is 7.11 Å². The first-order valence-corrected chi connectivity index (χ1v) is 2.95. The molecule has 0 aromatic heterocycles. The third-order valence-corrected chi connectivity index (χ3v) is 0.368. The first-order chi connectivity index (χ1) is 6.27. The Kier molecular flexibility index (Phi) is 16.9. The molecule has 6 N–H and O–H groups in total. The molecule has 0 bridgehead atoms. The van der Waals surface area contributed by atoms with E-state index in [4.69, 9.17) is 19.8 Å². The van der Waals surface area contributed by atoms with Crippen LogP contribution in [-0.2, 0) is 9.53 Å². The van der Waals surface area contributed by atoms with E-state index in [1.807, 2.05) is 0 Å². The van der Waals surface area contributed by atoms with Crippen LogP contribution in [0, 0.1) is 0 Å². The molecule has 8 heteroatoms. The van der Waals surface area contributed by atoms with Crippen LogP contribution in [0.25, 0.3) is 0 Å². The van der Waals surface area contributed by atoms with Gasteiger partial charge < -0.3 is 26.4 Å². The van der Waals surface area contributed by atoms with Gasteiger partial charge in [0, 0.05) is 6.08 Å². The summed E-state index contributed by atoms with van der Waals surface area (Å²) in [6.07, 6.45) is -1.56. The van der Waals surface area contributed by atoms with Crippen molar-refractivity contribution in [3.8, 4) is 0 Å². The van der Waals surface area contributed by atoms with Crippen molar-refractivity contribution in [3.63, 3.8) is 0 Å². The van der Waals surface area contributed by atoms with E-state index in [-0.39, 0.29) is 0 Å². The van der Waals surface area contributed by atoms with Gasteiger partial charge in [0.1, 0.15) is 0 Å².